The van der Waals surface area contributed by atoms with E-state index in [0.717, 1.165) is 0 Å². The Balaban J connectivity index is 2.59. The monoisotopic (exact) mass is 260 g/mol. The second kappa shape index (κ2) is 4.93. The van der Waals surface area contributed by atoms with Crippen LogP contribution in [-0.2, 0) is 9.59 Å². The van der Waals surface area contributed by atoms with E-state index >= 15 is 0 Å². The van der Waals surface area contributed by atoms with Gasteiger partial charge >= 0.3 is 11.9 Å². The van der Waals surface area contributed by atoms with E-state index in [1.807, 2.05) is 0 Å². The highest BCUT2D eigenvalue weighted by Crippen LogP contribution is 2.34. The van der Waals surface area contributed by atoms with Gasteiger partial charge in [0, 0.05) is 18.1 Å². The minimum atomic E-state index is -1.17. The molecule has 0 amide bonds. The van der Waals surface area contributed by atoms with Crippen LogP contribution in [0.3, 0.4) is 0 Å². The highest BCUT2D eigenvalue weighted by Gasteiger charge is 2.34. The van der Waals surface area contributed by atoms with Crippen LogP contribution in [-0.4, -0.2) is 27.1 Å². The molecule has 1 aromatic heterocycles. The molecule has 1 unspecified atom stereocenters. The number of rotatable bonds is 3. The zero-order valence-electron chi connectivity index (χ0n) is 10.1. The van der Waals surface area contributed by atoms with Crippen LogP contribution in [0.15, 0.2) is 47.4 Å². The van der Waals surface area contributed by atoms with Gasteiger partial charge in [0.25, 0.3) is 0 Å². The van der Waals surface area contributed by atoms with Crippen molar-refractivity contribution in [1.29, 1.82) is 0 Å². The molecule has 0 saturated heterocycles. The largest absolute Gasteiger partial charge is 0.478 e. The second-order valence-electron chi connectivity index (χ2n) is 4.08. The number of allylic oxidation sites excluding steroid dienone is 1. The SMILES string of the molecule is CC1=C(C(=O)O)C(c2ccccn2)C(C(=O)O)=CN1. The van der Waals surface area contributed by atoms with E-state index in [1.54, 1.807) is 25.1 Å². The topological polar surface area (TPSA) is 99.5 Å². The number of pyridine rings is 1. The molecule has 1 atom stereocenters. The Kier molecular flexibility index (Phi) is 3.33. The van der Waals surface area contributed by atoms with Gasteiger partial charge in [0.1, 0.15) is 0 Å². The van der Waals surface area contributed by atoms with Crippen molar-refractivity contribution in [2.45, 2.75) is 12.8 Å². The van der Waals surface area contributed by atoms with Crippen LogP contribution < -0.4 is 5.32 Å². The van der Waals surface area contributed by atoms with Gasteiger partial charge in [-0.25, -0.2) is 9.59 Å². The van der Waals surface area contributed by atoms with E-state index in [1.165, 1.54) is 12.4 Å². The van der Waals surface area contributed by atoms with Gasteiger partial charge in [-0.15, -0.1) is 0 Å². The first-order valence-electron chi connectivity index (χ1n) is 5.57. The minimum absolute atomic E-state index is 0.00130. The molecule has 1 aliphatic rings. The average molecular weight is 260 g/mol. The summed E-state index contributed by atoms with van der Waals surface area (Å²) in [7, 11) is 0. The molecule has 2 rings (SSSR count). The number of hydrogen-bond acceptors (Lipinski definition) is 4. The van der Waals surface area contributed by atoms with Gasteiger partial charge < -0.3 is 15.5 Å². The lowest BCUT2D eigenvalue weighted by Crippen LogP contribution is -2.28. The summed E-state index contributed by atoms with van der Waals surface area (Å²) in [6.45, 7) is 1.59. The molecule has 1 aromatic rings. The van der Waals surface area contributed by atoms with E-state index in [-0.39, 0.29) is 11.1 Å². The summed E-state index contributed by atoms with van der Waals surface area (Å²) >= 11 is 0. The van der Waals surface area contributed by atoms with Gasteiger partial charge in [-0.2, -0.15) is 0 Å². The van der Waals surface area contributed by atoms with E-state index in [0.29, 0.717) is 11.4 Å². The van der Waals surface area contributed by atoms with Crippen LogP contribution in [0.25, 0.3) is 0 Å². The summed E-state index contributed by atoms with van der Waals surface area (Å²) in [5.41, 5.74) is 0.767. The van der Waals surface area contributed by atoms with Crippen LogP contribution in [0.2, 0.25) is 0 Å². The van der Waals surface area contributed by atoms with Crippen molar-refractivity contribution in [2.24, 2.45) is 0 Å². The normalized spacial score (nSPS) is 18.6. The third-order valence-corrected chi connectivity index (χ3v) is 2.91. The van der Waals surface area contributed by atoms with Gasteiger partial charge in [0.15, 0.2) is 0 Å². The first kappa shape index (κ1) is 12.8. The molecule has 0 spiro atoms. The third-order valence-electron chi connectivity index (χ3n) is 2.91. The molecule has 6 heteroatoms. The fraction of sp³-hybridized carbons (Fsp3) is 0.154. The van der Waals surface area contributed by atoms with Crippen LogP contribution in [0.4, 0.5) is 0 Å². The standard InChI is InChI=1S/C13H12N2O4/c1-7-10(13(18)19)11(8(6-15-7)12(16)17)9-4-2-3-5-14-9/h2-6,11,15H,1H3,(H,16,17)(H,18,19). The van der Waals surface area contributed by atoms with Crippen LogP contribution >= 0.6 is 0 Å². The highest BCUT2D eigenvalue weighted by atomic mass is 16.4. The van der Waals surface area contributed by atoms with Crippen molar-refractivity contribution in [1.82, 2.24) is 10.3 Å². The number of carboxylic acid groups (broad SMARTS) is 2. The maximum absolute atomic E-state index is 11.4. The van der Waals surface area contributed by atoms with Crippen molar-refractivity contribution < 1.29 is 19.8 Å². The maximum Gasteiger partial charge on any atom is 0.334 e. The summed E-state index contributed by atoms with van der Waals surface area (Å²) in [6, 6.07) is 4.99. The van der Waals surface area contributed by atoms with Crippen LogP contribution in [0.5, 0.6) is 0 Å². The molecule has 0 bridgehead atoms. The highest BCUT2D eigenvalue weighted by molar-refractivity contribution is 5.97. The van der Waals surface area contributed by atoms with E-state index in [4.69, 9.17) is 0 Å². The fourth-order valence-corrected chi connectivity index (χ4v) is 2.04. The number of aromatic nitrogens is 1. The average Bonchev–Trinajstić information content (AvgIpc) is 2.38. The molecule has 98 valence electrons. The summed E-state index contributed by atoms with van der Waals surface area (Å²) in [5, 5.41) is 21.2. The molecule has 3 N–H and O–H groups in total. The summed E-state index contributed by atoms with van der Waals surface area (Å²) in [6.07, 6.45) is 2.81. The number of hydrogen-bond donors (Lipinski definition) is 3. The number of aliphatic carboxylic acids is 2. The molecule has 1 aliphatic heterocycles. The quantitative estimate of drug-likeness (QED) is 0.752. The Hall–Kier alpha value is -2.63. The van der Waals surface area contributed by atoms with Gasteiger partial charge in [-0.05, 0) is 19.1 Å². The zero-order chi connectivity index (χ0) is 14.0. The van der Waals surface area contributed by atoms with E-state index in [2.05, 4.69) is 10.3 Å². The number of carboxylic acids is 2. The first-order chi connectivity index (χ1) is 9.02. The third kappa shape index (κ3) is 2.33. The lowest BCUT2D eigenvalue weighted by Gasteiger charge is -2.24. The Morgan fingerprint density at radius 1 is 1.26 bits per heavy atom. The van der Waals surface area contributed by atoms with Crippen LogP contribution in [0, 0.1) is 0 Å². The molecular weight excluding hydrogens is 248 g/mol. The molecule has 0 radical (unpaired) electrons. The van der Waals surface area contributed by atoms with E-state index < -0.39 is 17.9 Å². The Morgan fingerprint density at radius 2 is 2.00 bits per heavy atom. The minimum Gasteiger partial charge on any atom is -0.478 e. The number of nitrogens with zero attached hydrogens (tertiary/aromatic N) is 1. The van der Waals surface area contributed by atoms with Crippen molar-refractivity contribution in [2.75, 3.05) is 0 Å². The Labute approximate surface area is 109 Å². The summed E-state index contributed by atoms with van der Waals surface area (Å²) in [5.74, 6) is -3.21. The molecule has 2 heterocycles. The predicted octanol–water partition coefficient (Wildman–Crippen LogP) is 1.10. The second-order valence-corrected chi connectivity index (χ2v) is 4.08. The van der Waals surface area contributed by atoms with Gasteiger partial charge in [0.05, 0.1) is 22.8 Å². The Bertz CT molecular complexity index is 590. The molecule has 0 aliphatic carbocycles. The van der Waals surface area contributed by atoms with Gasteiger partial charge in [-0.3, -0.25) is 4.98 Å². The van der Waals surface area contributed by atoms with Crippen LogP contribution in [0.1, 0.15) is 18.5 Å². The van der Waals surface area contributed by atoms with Gasteiger partial charge in [0.2, 0.25) is 0 Å². The predicted molar refractivity (Wildman–Crippen MR) is 66.2 cm³/mol. The van der Waals surface area contributed by atoms with Crippen molar-refractivity contribution >= 4 is 11.9 Å². The van der Waals surface area contributed by atoms with Crippen molar-refractivity contribution in [3.05, 3.63) is 53.1 Å². The number of carbonyl (C=O) groups is 2. The zero-order valence-corrected chi connectivity index (χ0v) is 10.1. The van der Waals surface area contributed by atoms with E-state index in [9.17, 15) is 19.8 Å². The molecule has 19 heavy (non-hydrogen) atoms. The molecule has 0 saturated carbocycles. The molecule has 0 fully saturated rings. The lowest BCUT2D eigenvalue weighted by atomic mass is 9.85. The first-order valence-corrected chi connectivity index (χ1v) is 5.57. The smallest absolute Gasteiger partial charge is 0.334 e. The number of nitrogens with one attached hydrogen (secondary N) is 1. The molecule has 6 nitrogen and oxygen atoms in total. The number of dihydropyridines is 1. The lowest BCUT2D eigenvalue weighted by molar-refractivity contribution is -0.133. The van der Waals surface area contributed by atoms with Crippen molar-refractivity contribution in [3.8, 4) is 0 Å². The maximum atomic E-state index is 11.4. The summed E-state index contributed by atoms with van der Waals surface area (Å²) < 4.78 is 0. The van der Waals surface area contributed by atoms with Crippen molar-refractivity contribution in [3.63, 3.8) is 0 Å². The summed E-state index contributed by atoms with van der Waals surface area (Å²) in [4.78, 5) is 26.7. The Morgan fingerprint density at radius 3 is 2.53 bits per heavy atom. The fourth-order valence-electron chi connectivity index (χ4n) is 2.04. The molecule has 0 aromatic carbocycles. The molecular formula is C13H12N2O4. The van der Waals surface area contributed by atoms with Gasteiger partial charge in [-0.1, -0.05) is 6.07 Å².